The Balaban J connectivity index is 1.60. The van der Waals surface area contributed by atoms with E-state index in [-0.39, 0.29) is 5.91 Å². The van der Waals surface area contributed by atoms with Gasteiger partial charge in [0.25, 0.3) is 5.91 Å². The van der Waals surface area contributed by atoms with Crippen LogP contribution in [0.15, 0.2) is 47.1 Å². The second-order valence-corrected chi connectivity index (χ2v) is 4.84. The zero-order valence-electron chi connectivity index (χ0n) is 11.7. The van der Waals surface area contributed by atoms with Crippen molar-refractivity contribution in [2.75, 3.05) is 13.2 Å². The molecule has 21 heavy (non-hydrogen) atoms. The van der Waals surface area contributed by atoms with Gasteiger partial charge in [0, 0.05) is 24.6 Å². The number of furan rings is 1. The molecule has 2 aromatic rings. The van der Waals surface area contributed by atoms with Crippen molar-refractivity contribution in [2.24, 2.45) is 0 Å². The van der Waals surface area contributed by atoms with E-state index in [0.717, 1.165) is 17.7 Å². The molecule has 0 fully saturated rings. The third kappa shape index (κ3) is 5.25. The van der Waals surface area contributed by atoms with E-state index in [1.165, 1.54) is 0 Å². The van der Waals surface area contributed by atoms with E-state index in [2.05, 4.69) is 5.32 Å². The number of alkyl halides is 1. The van der Waals surface area contributed by atoms with Crippen molar-refractivity contribution in [3.63, 3.8) is 0 Å². The van der Waals surface area contributed by atoms with E-state index < -0.39 is 0 Å². The lowest BCUT2D eigenvalue weighted by Gasteiger charge is -2.06. The van der Waals surface area contributed by atoms with Crippen molar-refractivity contribution in [1.82, 2.24) is 5.32 Å². The van der Waals surface area contributed by atoms with Gasteiger partial charge in [0.2, 0.25) is 0 Å². The van der Waals surface area contributed by atoms with Gasteiger partial charge < -0.3 is 14.5 Å². The Morgan fingerprint density at radius 1 is 1.24 bits per heavy atom. The predicted octanol–water partition coefficient (Wildman–Crippen LogP) is 3.36. The molecule has 112 valence electrons. The minimum atomic E-state index is -0.0813. The van der Waals surface area contributed by atoms with Gasteiger partial charge in [-0.3, -0.25) is 4.79 Å². The molecule has 2 rings (SSSR count). The van der Waals surface area contributed by atoms with Gasteiger partial charge in [-0.2, -0.15) is 0 Å². The lowest BCUT2D eigenvalue weighted by molar-refractivity contribution is 0.0917. The van der Waals surface area contributed by atoms with Crippen LogP contribution in [0.5, 0.6) is 0 Å². The summed E-state index contributed by atoms with van der Waals surface area (Å²) in [5, 5.41) is 2.85. The van der Waals surface area contributed by atoms with E-state index >= 15 is 0 Å². The Kier molecular flexibility index (Phi) is 6.31. The lowest BCUT2D eigenvalue weighted by atomic mass is 10.1. The van der Waals surface area contributed by atoms with Crippen LogP contribution in [-0.4, -0.2) is 19.1 Å². The van der Waals surface area contributed by atoms with Gasteiger partial charge in [0.05, 0.1) is 6.26 Å². The molecule has 1 amide bonds. The fourth-order valence-corrected chi connectivity index (χ4v) is 1.97. The average Bonchev–Trinajstić information content (AvgIpc) is 3.04. The van der Waals surface area contributed by atoms with E-state index in [1.807, 2.05) is 24.3 Å². The third-order valence-corrected chi connectivity index (χ3v) is 3.25. The maximum atomic E-state index is 11.9. The number of nitrogens with one attached hydrogen (secondary N) is 1. The Labute approximate surface area is 129 Å². The SMILES string of the molecule is O=C(NCCCOCc1ccco1)c1ccc(CCl)cc1. The van der Waals surface area contributed by atoms with Gasteiger partial charge in [0.15, 0.2) is 0 Å². The summed E-state index contributed by atoms with van der Waals surface area (Å²) in [4.78, 5) is 11.9. The minimum absolute atomic E-state index is 0.0813. The summed E-state index contributed by atoms with van der Waals surface area (Å²) in [7, 11) is 0. The molecule has 0 aliphatic carbocycles. The summed E-state index contributed by atoms with van der Waals surface area (Å²) >= 11 is 5.71. The quantitative estimate of drug-likeness (QED) is 0.601. The third-order valence-electron chi connectivity index (χ3n) is 2.95. The van der Waals surface area contributed by atoms with E-state index in [1.54, 1.807) is 18.4 Å². The van der Waals surface area contributed by atoms with Crippen molar-refractivity contribution in [3.8, 4) is 0 Å². The van der Waals surface area contributed by atoms with Crippen LogP contribution >= 0.6 is 11.6 Å². The van der Waals surface area contributed by atoms with Crippen LogP contribution in [0.2, 0.25) is 0 Å². The number of hydrogen-bond donors (Lipinski definition) is 1. The highest BCUT2D eigenvalue weighted by molar-refractivity contribution is 6.17. The molecule has 1 aromatic heterocycles. The van der Waals surface area contributed by atoms with Gasteiger partial charge >= 0.3 is 0 Å². The number of hydrogen-bond acceptors (Lipinski definition) is 3. The number of carbonyl (C=O) groups excluding carboxylic acids is 1. The first-order valence-electron chi connectivity index (χ1n) is 6.83. The number of carbonyl (C=O) groups is 1. The minimum Gasteiger partial charge on any atom is -0.467 e. The molecule has 1 N–H and O–H groups in total. The average molecular weight is 308 g/mol. The van der Waals surface area contributed by atoms with E-state index in [4.69, 9.17) is 20.8 Å². The van der Waals surface area contributed by atoms with Crippen LogP contribution in [0.4, 0.5) is 0 Å². The summed E-state index contributed by atoms with van der Waals surface area (Å²) in [5.41, 5.74) is 1.64. The maximum Gasteiger partial charge on any atom is 0.251 e. The van der Waals surface area contributed by atoms with Crippen LogP contribution in [0, 0.1) is 0 Å². The normalized spacial score (nSPS) is 10.5. The number of halogens is 1. The summed E-state index contributed by atoms with van der Waals surface area (Å²) in [6.45, 7) is 1.61. The van der Waals surface area contributed by atoms with Gasteiger partial charge in [-0.15, -0.1) is 11.6 Å². The second-order valence-electron chi connectivity index (χ2n) is 4.57. The molecule has 0 aliphatic heterocycles. The number of rotatable bonds is 8. The Morgan fingerprint density at radius 3 is 2.71 bits per heavy atom. The number of amides is 1. The molecule has 0 saturated carbocycles. The monoisotopic (exact) mass is 307 g/mol. The van der Waals surface area contributed by atoms with Gasteiger partial charge in [-0.1, -0.05) is 12.1 Å². The fraction of sp³-hybridized carbons (Fsp3) is 0.312. The zero-order valence-corrected chi connectivity index (χ0v) is 12.4. The standard InChI is InChI=1S/C16H18ClNO3/c17-11-13-4-6-14(7-5-13)16(19)18-8-2-9-20-12-15-3-1-10-21-15/h1,3-7,10H,2,8-9,11-12H2,(H,18,19). The first-order valence-corrected chi connectivity index (χ1v) is 7.36. The van der Waals surface area contributed by atoms with Crippen LogP contribution < -0.4 is 5.32 Å². The topological polar surface area (TPSA) is 51.5 Å². The Bertz CT molecular complexity index is 537. The number of benzene rings is 1. The molecule has 1 aromatic carbocycles. The first kappa shape index (κ1) is 15.6. The van der Waals surface area contributed by atoms with E-state index in [0.29, 0.717) is 31.2 Å². The molecule has 0 aliphatic rings. The summed E-state index contributed by atoms with van der Waals surface area (Å²) in [5.74, 6) is 1.18. The number of ether oxygens (including phenoxy) is 1. The molecule has 0 radical (unpaired) electrons. The summed E-state index contributed by atoms with van der Waals surface area (Å²) < 4.78 is 10.6. The molecule has 1 heterocycles. The fourth-order valence-electron chi connectivity index (χ4n) is 1.79. The molecule has 5 heteroatoms. The highest BCUT2D eigenvalue weighted by atomic mass is 35.5. The Morgan fingerprint density at radius 2 is 2.05 bits per heavy atom. The van der Waals surface area contributed by atoms with Crippen LogP contribution in [0.25, 0.3) is 0 Å². The van der Waals surface area contributed by atoms with Crippen molar-refractivity contribution in [2.45, 2.75) is 18.9 Å². The van der Waals surface area contributed by atoms with Crippen LogP contribution in [0.3, 0.4) is 0 Å². The van der Waals surface area contributed by atoms with Crippen LogP contribution in [0.1, 0.15) is 28.1 Å². The molecule has 0 spiro atoms. The zero-order chi connectivity index (χ0) is 14.9. The highest BCUT2D eigenvalue weighted by Crippen LogP contribution is 2.07. The van der Waals surface area contributed by atoms with Crippen molar-refractivity contribution in [3.05, 3.63) is 59.5 Å². The molecular formula is C16H18ClNO3. The van der Waals surface area contributed by atoms with Crippen molar-refractivity contribution >= 4 is 17.5 Å². The van der Waals surface area contributed by atoms with Gasteiger partial charge in [-0.05, 0) is 36.2 Å². The Hall–Kier alpha value is -1.78. The largest absolute Gasteiger partial charge is 0.467 e. The molecule has 0 unspecified atom stereocenters. The smallest absolute Gasteiger partial charge is 0.251 e. The maximum absolute atomic E-state index is 11.9. The second kappa shape index (κ2) is 8.49. The molecule has 0 bridgehead atoms. The summed E-state index contributed by atoms with van der Waals surface area (Å²) in [6.07, 6.45) is 2.38. The van der Waals surface area contributed by atoms with E-state index in [9.17, 15) is 4.79 Å². The molecule has 0 atom stereocenters. The van der Waals surface area contributed by atoms with Gasteiger partial charge in [0.1, 0.15) is 12.4 Å². The first-order chi connectivity index (χ1) is 10.3. The predicted molar refractivity (Wildman–Crippen MR) is 81.3 cm³/mol. The molecule has 0 saturated heterocycles. The van der Waals surface area contributed by atoms with Crippen LogP contribution in [-0.2, 0) is 17.2 Å². The van der Waals surface area contributed by atoms with Crippen molar-refractivity contribution < 1.29 is 13.9 Å². The molecule has 4 nitrogen and oxygen atoms in total. The lowest BCUT2D eigenvalue weighted by Crippen LogP contribution is -2.25. The van der Waals surface area contributed by atoms with Crippen molar-refractivity contribution in [1.29, 1.82) is 0 Å². The summed E-state index contributed by atoms with van der Waals surface area (Å²) in [6, 6.07) is 11.0. The highest BCUT2D eigenvalue weighted by Gasteiger charge is 2.04. The molecular weight excluding hydrogens is 290 g/mol. The van der Waals surface area contributed by atoms with Gasteiger partial charge in [-0.25, -0.2) is 0 Å².